The highest BCUT2D eigenvalue weighted by Crippen LogP contribution is 2.34. The van der Waals surface area contributed by atoms with Crippen LogP contribution >= 0.6 is 0 Å². The highest BCUT2D eigenvalue weighted by atomic mass is 16.8. The number of nitrogens with two attached hydrogens (primary N) is 1. The molecule has 312 valence electrons. The third-order valence-electron chi connectivity index (χ3n) is 9.49. The van der Waals surface area contributed by atoms with E-state index in [2.05, 4.69) is 16.0 Å². The molecule has 3 amide bonds. The number of aliphatic hydroxyl groups is 10. The maximum Gasteiger partial charge on any atom is 0.217 e. The van der Waals surface area contributed by atoms with Crippen molar-refractivity contribution in [3.8, 4) is 0 Å². The molecule has 24 heteroatoms. The molecular formula is C30H52N4O20. The van der Waals surface area contributed by atoms with Gasteiger partial charge in [-0.05, 0) is 0 Å². The summed E-state index contributed by atoms with van der Waals surface area (Å²) in [4.78, 5) is 36.3. The average Bonchev–Trinajstić information content (AvgIpc) is 3.12. The van der Waals surface area contributed by atoms with E-state index >= 15 is 0 Å². The van der Waals surface area contributed by atoms with Crippen LogP contribution in [0.3, 0.4) is 0 Å². The van der Waals surface area contributed by atoms with Crippen molar-refractivity contribution in [2.24, 2.45) is 5.73 Å². The van der Waals surface area contributed by atoms with Gasteiger partial charge in [0, 0.05) is 20.8 Å². The normalized spacial score (nSPS) is 45.7. The standard InChI is InChI=1S/C30H52N4O20/c1-8(39)32-16-21(44)24(12(5-36)48-27(16)47)53-29-18(34-10(3)41)23(46)26(14(7-38)51-29)54-30-17(33-9(2)40)22(45)25(13(6-37)50-30)52-28-15(31)20(43)19(42)11(4-35)49-28/h11-30,35-38,42-47H,4-7,31H2,1-3H3,(H,32,39)(H,33,40)(H,34,41)/t11-,12-,13-,14-,15-,16-,17-,18-,19-,20-,21-,22-,23-,24-,25-,26-,27-,28+,29+,30+/m1/s1. The lowest BCUT2D eigenvalue weighted by Crippen LogP contribution is -2.71. The average molecular weight is 789 g/mol. The van der Waals surface area contributed by atoms with E-state index < -0.39 is 167 Å². The van der Waals surface area contributed by atoms with Gasteiger partial charge in [-0.2, -0.15) is 0 Å². The predicted octanol–water partition coefficient (Wildman–Crippen LogP) is -9.35. The number of ether oxygens (including phenoxy) is 7. The van der Waals surface area contributed by atoms with E-state index in [0.717, 1.165) is 20.8 Å². The van der Waals surface area contributed by atoms with Crippen LogP contribution in [0.2, 0.25) is 0 Å². The topological polar surface area (TPSA) is 380 Å². The molecule has 4 aliphatic rings. The Labute approximate surface area is 308 Å². The molecule has 0 saturated carbocycles. The van der Waals surface area contributed by atoms with Gasteiger partial charge < -0.3 is 106 Å². The molecule has 4 aliphatic heterocycles. The van der Waals surface area contributed by atoms with Gasteiger partial charge in [-0.25, -0.2) is 0 Å². The smallest absolute Gasteiger partial charge is 0.217 e. The molecular weight excluding hydrogens is 736 g/mol. The van der Waals surface area contributed by atoms with Gasteiger partial charge in [0.2, 0.25) is 17.7 Å². The van der Waals surface area contributed by atoms with Crippen molar-refractivity contribution in [3.63, 3.8) is 0 Å². The number of carbonyl (C=O) groups excluding carboxylic acids is 3. The minimum absolute atomic E-state index is 0.655. The number of carbonyl (C=O) groups is 3. The van der Waals surface area contributed by atoms with Crippen LogP contribution in [0, 0.1) is 0 Å². The minimum Gasteiger partial charge on any atom is -0.394 e. The number of nitrogens with one attached hydrogen (secondary N) is 3. The first kappa shape index (κ1) is 44.4. The Morgan fingerprint density at radius 1 is 0.500 bits per heavy atom. The number of rotatable bonds is 13. The number of aliphatic hydroxyl groups excluding tert-OH is 10. The Balaban J connectivity index is 1.59. The first-order chi connectivity index (χ1) is 25.5. The summed E-state index contributed by atoms with van der Waals surface area (Å²) < 4.78 is 40.3. The maximum absolute atomic E-state index is 12.3. The Kier molecular flexibility index (Phi) is 15.8. The van der Waals surface area contributed by atoms with Gasteiger partial charge in [-0.3, -0.25) is 14.4 Å². The fourth-order valence-corrected chi connectivity index (χ4v) is 6.81. The van der Waals surface area contributed by atoms with E-state index in [4.69, 9.17) is 38.9 Å². The molecule has 4 fully saturated rings. The second kappa shape index (κ2) is 19.2. The monoisotopic (exact) mass is 788 g/mol. The van der Waals surface area contributed by atoms with Crippen molar-refractivity contribution in [1.29, 1.82) is 0 Å². The molecule has 15 N–H and O–H groups in total. The van der Waals surface area contributed by atoms with Gasteiger partial charge in [0.25, 0.3) is 0 Å². The number of amides is 3. The van der Waals surface area contributed by atoms with Crippen molar-refractivity contribution < 1.29 is 98.6 Å². The molecule has 54 heavy (non-hydrogen) atoms. The summed E-state index contributed by atoms with van der Waals surface area (Å²) in [5.41, 5.74) is 5.98. The van der Waals surface area contributed by atoms with Gasteiger partial charge in [0.15, 0.2) is 25.2 Å². The molecule has 0 aromatic heterocycles. The zero-order valence-corrected chi connectivity index (χ0v) is 29.5. The van der Waals surface area contributed by atoms with Crippen LogP contribution in [0.15, 0.2) is 0 Å². The SMILES string of the molecule is CC(=O)N[C@@H]1[C@@H](O)[C@H](O[C@@H]2O[C@H](CO)[C@@H](O[C@@H]3O[C@H](CO)[C@@H](O[C@@H]4O[C@H](CO)[C@@H](O)[C@H](O)[C@H]4N)[C@H](O)[C@H]3NC(C)=O)[C@H](O)[C@H]2NC(C)=O)[C@@H](CO)O[C@H]1O. The lowest BCUT2D eigenvalue weighted by Gasteiger charge is -2.50. The van der Waals surface area contributed by atoms with Crippen molar-refractivity contribution in [2.75, 3.05) is 26.4 Å². The molecule has 4 saturated heterocycles. The van der Waals surface area contributed by atoms with Gasteiger partial charge >= 0.3 is 0 Å². The summed E-state index contributed by atoms with van der Waals surface area (Å²) in [5.74, 6) is -2.11. The number of hydrogen-bond acceptors (Lipinski definition) is 21. The van der Waals surface area contributed by atoms with Crippen LogP contribution in [0.5, 0.6) is 0 Å². The third kappa shape index (κ3) is 9.79. The molecule has 0 radical (unpaired) electrons. The maximum atomic E-state index is 12.3. The second-order valence-electron chi connectivity index (χ2n) is 13.4. The van der Waals surface area contributed by atoms with E-state index in [1.807, 2.05) is 0 Å². The largest absolute Gasteiger partial charge is 0.394 e. The van der Waals surface area contributed by atoms with Crippen LogP contribution in [-0.4, -0.2) is 218 Å². The molecule has 0 aromatic carbocycles. The van der Waals surface area contributed by atoms with Crippen LogP contribution in [0.25, 0.3) is 0 Å². The summed E-state index contributed by atoms with van der Waals surface area (Å²) in [7, 11) is 0. The van der Waals surface area contributed by atoms with Crippen LogP contribution < -0.4 is 21.7 Å². The highest BCUT2D eigenvalue weighted by Gasteiger charge is 2.56. The van der Waals surface area contributed by atoms with Gasteiger partial charge in [-0.15, -0.1) is 0 Å². The zero-order valence-electron chi connectivity index (χ0n) is 29.5. The highest BCUT2D eigenvalue weighted by molar-refractivity contribution is 5.74. The third-order valence-corrected chi connectivity index (χ3v) is 9.49. The lowest BCUT2D eigenvalue weighted by molar-refractivity contribution is -0.361. The van der Waals surface area contributed by atoms with E-state index in [0.29, 0.717) is 0 Å². The quantitative estimate of drug-likeness (QED) is 0.0824. The van der Waals surface area contributed by atoms with Gasteiger partial charge in [-0.1, -0.05) is 0 Å². The Hall–Kier alpha value is -2.31. The lowest BCUT2D eigenvalue weighted by atomic mass is 9.93. The fraction of sp³-hybridized carbons (Fsp3) is 0.900. The fourth-order valence-electron chi connectivity index (χ4n) is 6.81. The number of hydrogen-bond donors (Lipinski definition) is 14. The molecule has 4 rings (SSSR count). The summed E-state index contributed by atoms with van der Waals surface area (Å²) in [6.07, 6.45) is -26.1. The Morgan fingerprint density at radius 3 is 1.22 bits per heavy atom. The second-order valence-corrected chi connectivity index (χ2v) is 13.4. The van der Waals surface area contributed by atoms with Crippen molar-refractivity contribution in [2.45, 2.75) is 143 Å². The molecule has 0 spiro atoms. The summed E-state index contributed by atoms with van der Waals surface area (Å²) in [6.45, 7) is -0.0467. The molecule has 4 heterocycles. The predicted molar refractivity (Wildman–Crippen MR) is 171 cm³/mol. The Bertz CT molecular complexity index is 1260. The zero-order chi connectivity index (χ0) is 40.2. The van der Waals surface area contributed by atoms with Crippen LogP contribution in [0.1, 0.15) is 20.8 Å². The molecule has 0 bridgehead atoms. The van der Waals surface area contributed by atoms with Crippen molar-refractivity contribution in [3.05, 3.63) is 0 Å². The van der Waals surface area contributed by atoms with E-state index in [-0.39, 0.29) is 0 Å². The molecule has 0 aromatic rings. The van der Waals surface area contributed by atoms with Gasteiger partial charge in [0.1, 0.15) is 91.4 Å². The molecule has 0 unspecified atom stereocenters. The molecule has 24 nitrogen and oxygen atoms in total. The van der Waals surface area contributed by atoms with E-state index in [1.165, 1.54) is 0 Å². The summed E-state index contributed by atoms with van der Waals surface area (Å²) >= 11 is 0. The first-order valence-corrected chi connectivity index (χ1v) is 17.1. The summed E-state index contributed by atoms with van der Waals surface area (Å²) in [6, 6.07) is -6.00. The Morgan fingerprint density at radius 2 is 0.833 bits per heavy atom. The van der Waals surface area contributed by atoms with Crippen molar-refractivity contribution >= 4 is 17.7 Å². The van der Waals surface area contributed by atoms with Crippen molar-refractivity contribution in [1.82, 2.24) is 16.0 Å². The van der Waals surface area contributed by atoms with Crippen LogP contribution in [0.4, 0.5) is 0 Å². The van der Waals surface area contributed by atoms with E-state index in [1.54, 1.807) is 0 Å². The minimum atomic E-state index is -1.87. The molecule has 20 atom stereocenters. The first-order valence-electron chi connectivity index (χ1n) is 17.1. The summed E-state index contributed by atoms with van der Waals surface area (Å²) in [5, 5.41) is 112. The van der Waals surface area contributed by atoms with E-state index in [9.17, 15) is 65.4 Å². The van der Waals surface area contributed by atoms with Crippen LogP contribution in [-0.2, 0) is 47.5 Å². The van der Waals surface area contributed by atoms with Gasteiger partial charge in [0.05, 0.1) is 32.5 Å². The molecule has 0 aliphatic carbocycles.